The van der Waals surface area contributed by atoms with Crippen molar-refractivity contribution >= 4 is 28.5 Å². The van der Waals surface area contributed by atoms with Gasteiger partial charge in [-0.3, -0.25) is 4.79 Å². The van der Waals surface area contributed by atoms with E-state index < -0.39 is 5.82 Å². The first-order valence-corrected chi connectivity index (χ1v) is 16.4. The topological polar surface area (TPSA) is 62.1 Å². The van der Waals surface area contributed by atoms with Gasteiger partial charge in [0.1, 0.15) is 5.82 Å². The maximum absolute atomic E-state index is 14.6. The molecule has 1 amide bonds. The van der Waals surface area contributed by atoms with E-state index in [0.717, 1.165) is 43.5 Å². The Labute approximate surface area is 248 Å². The zero-order valence-electron chi connectivity index (χ0n) is 24.2. The van der Waals surface area contributed by atoms with Crippen LogP contribution in [0.2, 0.25) is 0 Å². The molecule has 1 aromatic carbocycles. The normalized spacial score (nSPS) is 40.4. The Morgan fingerprint density at radius 2 is 1.90 bits per heavy atom. The van der Waals surface area contributed by atoms with Crippen LogP contribution in [0, 0.1) is 57.6 Å². The zero-order valence-corrected chi connectivity index (χ0v) is 26.4. The number of rotatable bonds is 6. The Morgan fingerprint density at radius 1 is 1.15 bits per heavy atom. The van der Waals surface area contributed by atoms with Crippen LogP contribution in [0.5, 0.6) is 0 Å². The van der Waals surface area contributed by atoms with Crippen molar-refractivity contribution < 1.29 is 13.9 Å². The summed E-state index contributed by atoms with van der Waals surface area (Å²) in [6.45, 7) is 11.1. The molecule has 6 heteroatoms. The lowest BCUT2D eigenvalue weighted by atomic mass is 9.41. The molecule has 1 aromatic rings. The van der Waals surface area contributed by atoms with Gasteiger partial charge in [0.05, 0.1) is 17.2 Å². The Bertz CT molecular complexity index is 1120. The van der Waals surface area contributed by atoms with Crippen LogP contribution in [0.15, 0.2) is 18.2 Å². The standard InChI is InChI=1S/C33H46FIN2O2/c1-5-39-20-23-11-14-31(3)24(17-23)12-16-33(35)28-8-6-7-26(32(28,4)15-13-29(31)33)21(2)37-30(38)25-10-9-22(19-36)18-27(25)34/h9-10,18,21,23-24,26,28-29H,5-8,11-17,20H2,1-4H3,(H,37,38)/t21-,23-,24+,26?,28+,29?,31-,32+,33+/m0/s1. The summed E-state index contributed by atoms with van der Waals surface area (Å²) in [4.78, 5) is 13.1. The van der Waals surface area contributed by atoms with Gasteiger partial charge in [0.15, 0.2) is 0 Å². The molecule has 1 N–H and O–H groups in total. The molecule has 0 aromatic heterocycles. The number of amides is 1. The number of hydrogen-bond acceptors (Lipinski definition) is 3. The van der Waals surface area contributed by atoms with Gasteiger partial charge in [-0.1, -0.05) is 42.9 Å². The molecule has 214 valence electrons. The monoisotopic (exact) mass is 648 g/mol. The van der Waals surface area contributed by atoms with Gasteiger partial charge in [-0.25, -0.2) is 4.39 Å². The fourth-order valence-corrected chi connectivity index (χ4v) is 12.4. The SMILES string of the molecule is CCOC[C@H]1CC[C@]2(C)C3CC[C@]4(C)C([C@H](C)NC(=O)c5ccc(C#N)cc5F)CCC[C@H]4[C@]3(I)CC[C@@H]2C1. The minimum absolute atomic E-state index is 0.0265. The summed E-state index contributed by atoms with van der Waals surface area (Å²) in [6, 6.07) is 6.02. The Balaban J connectivity index is 1.33. The second-order valence-corrected chi connectivity index (χ2v) is 15.7. The molecule has 0 heterocycles. The van der Waals surface area contributed by atoms with Crippen molar-refractivity contribution in [1.29, 1.82) is 5.26 Å². The first kappa shape index (κ1) is 29.3. The minimum Gasteiger partial charge on any atom is -0.381 e. The van der Waals surface area contributed by atoms with Gasteiger partial charge in [-0.2, -0.15) is 5.26 Å². The van der Waals surface area contributed by atoms with Crippen LogP contribution in [0.25, 0.3) is 0 Å². The number of carbonyl (C=O) groups is 1. The maximum atomic E-state index is 14.6. The van der Waals surface area contributed by atoms with Crippen molar-refractivity contribution in [1.82, 2.24) is 5.32 Å². The molecule has 4 saturated carbocycles. The summed E-state index contributed by atoms with van der Waals surface area (Å²) in [6.07, 6.45) is 12.7. The predicted octanol–water partition coefficient (Wildman–Crippen LogP) is 8.07. The zero-order chi connectivity index (χ0) is 28.0. The van der Waals surface area contributed by atoms with Gasteiger partial charge in [0, 0.05) is 22.7 Å². The molecule has 2 unspecified atom stereocenters. The van der Waals surface area contributed by atoms with E-state index in [2.05, 4.69) is 55.6 Å². The van der Waals surface area contributed by atoms with Crippen LogP contribution in [-0.4, -0.2) is 28.6 Å². The summed E-state index contributed by atoms with van der Waals surface area (Å²) in [5, 5.41) is 12.2. The van der Waals surface area contributed by atoms with Crippen LogP contribution in [0.1, 0.15) is 108 Å². The molecule has 4 fully saturated rings. The first-order chi connectivity index (χ1) is 18.6. The minimum atomic E-state index is -0.626. The lowest BCUT2D eigenvalue weighted by molar-refractivity contribution is -0.129. The molecule has 0 saturated heterocycles. The van der Waals surface area contributed by atoms with E-state index in [9.17, 15) is 9.18 Å². The number of carbonyl (C=O) groups excluding carboxylic acids is 1. The molecule has 4 nitrogen and oxygen atoms in total. The number of alkyl halides is 1. The van der Waals surface area contributed by atoms with Gasteiger partial charge in [0.2, 0.25) is 0 Å². The Kier molecular flexibility index (Phi) is 8.44. The molecule has 4 aliphatic rings. The van der Waals surface area contributed by atoms with Crippen molar-refractivity contribution in [2.24, 2.45) is 40.4 Å². The molecule has 0 radical (unpaired) electrons. The highest BCUT2D eigenvalue weighted by atomic mass is 127. The fraction of sp³-hybridized carbons (Fsp3) is 0.758. The number of benzene rings is 1. The number of ether oxygens (including phenoxy) is 1. The summed E-state index contributed by atoms with van der Waals surface area (Å²) in [5.74, 6) is 2.32. The van der Waals surface area contributed by atoms with E-state index in [-0.39, 0.29) is 28.5 Å². The van der Waals surface area contributed by atoms with Crippen LogP contribution in [0.4, 0.5) is 4.39 Å². The van der Waals surface area contributed by atoms with Gasteiger partial charge >= 0.3 is 0 Å². The highest BCUT2D eigenvalue weighted by molar-refractivity contribution is 14.1. The summed E-state index contributed by atoms with van der Waals surface area (Å²) >= 11 is 2.93. The molecular formula is C33H46FIN2O2. The van der Waals surface area contributed by atoms with Crippen molar-refractivity contribution in [2.75, 3.05) is 13.2 Å². The number of fused-ring (bicyclic) bond motifs is 5. The van der Waals surface area contributed by atoms with E-state index in [1.54, 1.807) is 0 Å². The van der Waals surface area contributed by atoms with Gasteiger partial charge < -0.3 is 10.1 Å². The average Bonchev–Trinajstić information content (AvgIpc) is 2.91. The largest absolute Gasteiger partial charge is 0.381 e. The van der Waals surface area contributed by atoms with Crippen molar-refractivity contribution in [3.63, 3.8) is 0 Å². The highest BCUT2D eigenvalue weighted by Crippen LogP contribution is 2.71. The van der Waals surface area contributed by atoms with Gasteiger partial charge in [0.25, 0.3) is 5.91 Å². The Morgan fingerprint density at radius 3 is 2.62 bits per heavy atom. The fourth-order valence-electron chi connectivity index (χ4n) is 9.99. The number of nitrogens with zero attached hydrogens (tertiary/aromatic N) is 1. The third-order valence-corrected chi connectivity index (χ3v) is 14.0. The summed E-state index contributed by atoms with van der Waals surface area (Å²) < 4.78 is 20.7. The molecule has 0 spiro atoms. The van der Waals surface area contributed by atoms with Crippen LogP contribution in [0.3, 0.4) is 0 Å². The second kappa shape index (κ2) is 11.2. The highest BCUT2D eigenvalue weighted by Gasteiger charge is 2.65. The van der Waals surface area contributed by atoms with Crippen molar-refractivity contribution in [2.45, 2.75) is 101 Å². The van der Waals surface area contributed by atoms with E-state index in [1.807, 2.05) is 6.07 Å². The quantitative estimate of drug-likeness (QED) is 0.251. The van der Waals surface area contributed by atoms with E-state index in [0.29, 0.717) is 20.7 Å². The average molecular weight is 649 g/mol. The predicted molar refractivity (Wildman–Crippen MR) is 161 cm³/mol. The molecule has 39 heavy (non-hydrogen) atoms. The maximum Gasteiger partial charge on any atom is 0.254 e. The lowest BCUT2D eigenvalue weighted by Crippen LogP contribution is -2.64. The van der Waals surface area contributed by atoms with Crippen LogP contribution < -0.4 is 5.32 Å². The third-order valence-electron chi connectivity index (χ3n) is 12.0. The van der Waals surface area contributed by atoms with Crippen molar-refractivity contribution in [3.05, 3.63) is 35.1 Å². The van der Waals surface area contributed by atoms with Gasteiger partial charge in [-0.15, -0.1) is 0 Å². The van der Waals surface area contributed by atoms with E-state index in [1.165, 1.54) is 69.9 Å². The number of hydrogen-bond donors (Lipinski definition) is 1. The molecule has 5 rings (SSSR count). The lowest BCUT2D eigenvalue weighted by Gasteiger charge is -2.68. The van der Waals surface area contributed by atoms with Crippen LogP contribution >= 0.6 is 22.6 Å². The van der Waals surface area contributed by atoms with E-state index >= 15 is 0 Å². The molecule has 0 bridgehead atoms. The number of halogens is 2. The number of nitrogens with one attached hydrogen (secondary N) is 1. The van der Waals surface area contributed by atoms with Gasteiger partial charge in [-0.05, 0) is 130 Å². The number of nitriles is 1. The second-order valence-electron chi connectivity index (χ2n) is 13.7. The van der Waals surface area contributed by atoms with E-state index in [4.69, 9.17) is 10.00 Å². The van der Waals surface area contributed by atoms with Crippen molar-refractivity contribution in [3.8, 4) is 6.07 Å². The summed E-state index contributed by atoms with van der Waals surface area (Å²) in [7, 11) is 0. The molecular weight excluding hydrogens is 602 g/mol. The third kappa shape index (κ3) is 5.07. The smallest absolute Gasteiger partial charge is 0.254 e. The summed E-state index contributed by atoms with van der Waals surface area (Å²) in [5.41, 5.74) is 0.846. The Hall–Kier alpha value is -1.20. The molecule has 9 atom stereocenters. The molecule has 0 aliphatic heterocycles. The molecule has 4 aliphatic carbocycles. The first-order valence-electron chi connectivity index (χ1n) is 15.3. The van der Waals surface area contributed by atoms with Crippen LogP contribution in [-0.2, 0) is 4.74 Å².